The van der Waals surface area contributed by atoms with Gasteiger partial charge in [-0.1, -0.05) is 41.9 Å². The van der Waals surface area contributed by atoms with Gasteiger partial charge in [-0.05, 0) is 37.3 Å². The molecule has 196 valence electrons. The van der Waals surface area contributed by atoms with Gasteiger partial charge in [0.25, 0.3) is 0 Å². The molecule has 2 heterocycles. The minimum atomic E-state index is -1.26. The smallest absolute Gasteiger partial charge is 0.333 e. The van der Waals surface area contributed by atoms with Gasteiger partial charge in [-0.3, -0.25) is 14.0 Å². The van der Waals surface area contributed by atoms with E-state index >= 15 is 0 Å². The molecule has 0 radical (unpaired) electrons. The highest BCUT2D eigenvalue weighted by atomic mass is 35.5. The second kappa shape index (κ2) is 12.6. The van der Waals surface area contributed by atoms with Crippen molar-refractivity contribution < 1.29 is 19.8 Å². The Hall–Kier alpha value is -3.53. The van der Waals surface area contributed by atoms with E-state index in [2.05, 4.69) is 16.4 Å². The first kappa shape index (κ1) is 28.0. The van der Waals surface area contributed by atoms with E-state index in [0.29, 0.717) is 28.7 Å². The summed E-state index contributed by atoms with van der Waals surface area (Å²) in [6.07, 6.45) is 1.12. The summed E-state index contributed by atoms with van der Waals surface area (Å²) in [6, 6.07) is 13.7. The van der Waals surface area contributed by atoms with Gasteiger partial charge in [0.05, 0.1) is 21.1 Å². The van der Waals surface area contributed by atoms with Crippen molar-refractivity contribution in [1.82, 2.24) is 14.0 Å². The molecule has 0 spiro atoms. The molecule has 1 fully saturated rings. The van der Waals surface area contributed by atoms with Crippen LogP contribution in [-0.2, 0) is 16.1 Å². The average Bonchev–Trinajstić information content (AvgIpc) is 3.15. The molecule has 37 heavy (non-hydrogen) atoms. The molecule has 0 bridgehead atoms. The number of aliphatic carboxylic acids is 2. The van der Waals surface area contributed by atoms with Gasteiger partial charge in [-0.2, -0.15) is 0 Å². The standard InChI is InChI=1S/C22H24Cl2N4O.C4H4O4/c1-16(2)28-21-6-4-3-5-20(21)27(22(28)29)14-11-25-9-12-26(13-10-25)17-7-8-18(23)19(24)15-17;5-3(6)1-2-4(7)8/h3-8,15H,1,9-14H2,2H3;1-2H,(H,5,6)(H,7,8)/b;2-1+. The second-order valence-electron chi connectivity index (χ2n) is 8.43. The summed E-state index contributed by atoms with van der Waals surface area (Å²) in [7, 11) is 0. The number of anilines is 1. The number of benzene rings is 2. The number of aromatic nitrogens is 2. The molecule has 1 aliphatic rings. The predicted octanol–water partition coefficient (Wildman–Crippen LogP) is 4.13. The van der Waals surface area contributed by atoms with Crippen molar-refractivity contribution in [2.24, 2.45) is 0 Å². The Bertz CT molecular complexity index is 1370. The summed E-state index contributed by atoms with van der Waals surface area (Å²) in [4.78, 5) is 36.7. The third kappa shape index (κ3) is 7.25. The largest absolute Gasteiger partial charge is 0.478 e. The van der Waals surface area contributed by atoms with Crippen molar-refractivity contribution in [3.8, 4) is 0 Å². The third-order valence-electron chi connectivity index (χ3n) is 5.87. The summed E-state index contributed by atoms with van der Waals surface area (Å²) >= 11 is 12.2. The molecule has 11 heteroatoms. The highest BCUT2D eigenvalue weighted by molar-refractivity contribution is 6.42. The molecule has 3 aromatic rings. The molecule has 0 aliphatic carbocycles. The zero-order chi connectivity index (χ0) is 27.1. The summed E-state index contributed by atoms with van der Waals surface area (Å²) in [6.45, 7) is 11.0. The van der Waals surface area contributed by atoms with Gasteiger partial charge in [-0.15, -0.1) is 0 Å². The molecule has 0 amide bonds. The van der Waals surface area contributed by atoms with Gasteiger partial charge in [0.15, 0.2) is 0 Å². The van der Waals surface area contributed by atoms with Gasteiger partial charge in [0.2, 0.25) is 0 Å². The van der Waals surface area contributed by atoms with Crippen molar-refractivity contribution in [2.45, 2.75) is 13.5 Å². The van der Waals surface area contributed by atoms with Crippen molar-refractivity contribution in [2.75, 3.05) is 37.6 Å². The Morgan fingerprint density at radius 3 is 2.05 bits per heavy atom. The van der Waals surface area contributed by atoms with Crippen LogP contribution in [0.2, 0.25) is 10.0 Å². The monoisotopic (exact) mass is 546 g/mol. The van der Waals surface area contributed by atoms with E-state index in [1.807, 2.05) is 54.0 Å². The number of carbonyl (C=O) groups is 2. The number of imidazole rings is 1. The first-order valence-electron chi connectivity index (χ1n) is 11.5. The maximum absolute atomic E-state index is 12.9. The number of carboxylic acid groups (broad SMARTS) is 2. The van der Waals surface area contributed by atoms with E-state index < -0.39 is 11.9 Å². The fourth-order valence-electron chi connectivity index (χ4n) is 4.09. The van der Waals surface area contributed by atoms with Gasteiger partial charge >= 0.3 is 17.6 Å². The van der Waals surface area contributed by atoms with Crippen molar-refractivity contribution in [3.05, 3.63) is 81.7 Å². The van der Waals surface area contributed by atoms with Crippen LogP contribution in [0.25, 0.3) is 16.7 Å². The quantitative estimate of drug-likeness (QED) is 0.429. The highest BCUT2D eigenvalue weighted by Crippen LogP contribution is 2.27. The molecule has 0 atom stereocenters. The van der Waals surface area contributed by atoms with E-state index in [9.17, 15) is 14.4 Å². The first-order valence-corrected chi connectivity index (χ1v) is 12.3. The van der Waals surface area contributed by atoms with Crippen LogP contribution in [0, 0.1) is 0 Å². The molecule has 0 unspecified atom stereocenters. The molecular formula is C26H28Cl2N4O5. The Labute approximate surface area is 224 Å². The number of allylic oxidation sites excluding steroid dienone is 1. The lowest BCUT2D eigenvalue weighted by Gasteiger charge is -2.36. The number of hydrogen-bond acceptors (Lipinski definition) is 5. The van der Waals surface area contributed by atoms with E-state index in [1.165, 1.54) is 0 Å². The van der Waals surface area contributed by atoms with Gasteiger partial charge in [0.1, 0.15) is 0 Å². The summed E-state index contributed by atoms with van der Waals surface area (Å²) in [5.41, 5.74) is 3.68. The number of carboxylic acids is 2. The van der Waals surface area contributed by atoms with Crippen LogP contribution in [0.3, 0.4) is 0 Å². The fraction of sp³-hybridized carbons (Fsp3) is 0.269. The lowest BCUT2D eigenvalue weighted by molar-refractivity contribution is -0.134. The molecule has 1 saturated heterocycles. The summed E-state index contributed by atoms with van der Waals surface area (Å²) < 4.78 is 3.55. The molecule has 1 aromatic heterocycles. The van der Waals surface area contributed by atoms with E-state index in [4.69, 9.17) is 33.4 Å². The van der Waals surface area contributed by atoms with Crippen LogP contribution >= 0.6 is 23.2 Å². The minimum Gasteiger partial charge on any atom is -0.478 e. The number of hydrogen-bond donors (Lipinski definition) is 2. The number of rotatable bonds is 7. The van der Waals surface area contributed by atoms with Crippen molar-refractivity contribution in [1.29, 1.82) is 0 Å². The van der Waals surface area contributed by atoms with E-state index in [-0.39, 0.29) is 5.69 Å². The molecule has 9 nitrogen and oxygen atoms in total. The predicted molar refractivity (Wildman–Crippen MR) is 147 cm³/mol. The van der Waals surface area contributed by atoms with E-state index in [1.54, 1.807) is 4.57 Å². The maximum Gasteiger partial charge on any atom is 0.333 e. The maximum atomic E-state index is 12.9. The fourth-order valence-corrected chi connectivity index (χ4v) is 4.38. The zero-order valence-electron chi connectivity index (χ0n) is 20.3. The lowest BCUT2D eigenvalue weighted by atomic mass is 10.2. The molecule has 4 rings (SSSR count). The van der Waals surface area contributed by atoms with Crippen LogP contribution in [-0.4, -0.2) is 68.9 Å². The van der Waals surface area contributed by atoms with Gasteiger partial charge in [0, 0.05) is 62.8 Å². The number of nitrogens with zero attached hydrogens (tertiary/aromatic N) is 4. The Morgan fingerprint density at radius 2 is 1.51 bits per heavy atom. The topological polar surface area (TPSA) is 108 Å². The SMILES string of the molecule is C=C(C)n1c(=O)n(CCN2CCN(c3ccc(Cl)c(Cl)c3)CC2)c2ccccc21.O=C(O)/C=C/C(=O)O. The molecule has 1 aliphatic heterocycles. The van der Waals surface area contributed by atoms with Crippen molar-refractivity contribution >= 4 is 57.6 Å². The van der Waals surface area contributed by atoms with Crippen LogP contribution in [0.15, 0.2) is 66.0 Å². The van der Waals surface area contributed by atoms with Crippen LogP contribution in [0.5, 0.6) is 0 Å². The number of para-hydroxylation sites is 2. The summed E-state index contributed by atoms with van der Waals surface area (Å²) in [5, 5.41) is 16.8. The van der Waals surface area contributed by atoms with Crippen LogP contribution in [0.4, 0.5) is 5.69 Å². The van der Waals surface area contributed by atoms with Gasteiger partial charge < -0.3 is 15.1 Å². The zero-order valence-corrected chi connectivity index (χ0v) is 21.8. The number of halogens is 2. The number of fused-ring (bicyclic) bond motifs is 1. The first-order chi connectivity index (χ1) is 17.6. The minimum absolute atomic E-state index is 0.0202. The van der Waals surface area contributed by atoms with Crippen LogP contribution < -0.4 is 10.6 Å². The highest BCUT2D eigenvalue weighted by Gasteiger charge is 2.19. The number of piperazine rings is 1. The Kier molecular flexibility index (Phi) is 9.57. The molecule has 2 N–H and O–H groups in total. The average molecular weight is 547 g/mol. The van der Waals surface area contributed by atoms with E-state index in [0.717, 1.165) is 55.1 Å². The Balaban J connectivity index is 0.000000414. The third-order valence-corrected chi connectivity index (χ3v) is 6.61. The van der Waals surface area contributed by atoms with Crippen LogP contribution in [0.1, 0.15) is 6.92 Å². The summed E-state index contributed by atoms with van der Waals surface area (Å²) in [5.74, 6) is -2.51. The second-order valence-corrected chi connectivity index (χ2v) is 9.24. The normalized spacial score (nSPS) is 14.0. The molecular weight excluding hydrogens is 519 g/mol. The molecule has 0 saturated carbocycles. The van der Waals surface area contributed by atoms with Gasteiger partial charge in [-0.25, -0.2) is 14.4 Å². The molecule has 2 aromatic carbocycles. The van der Waals surface area contributed by atoms with Crippen molar-refractivity contribution in [3.63, 3.8) is 0 Å². The lowest BCUT2D eigenvalue weighted by Crippen LogP contribution is -2.47. The Morgan fingerprint density at radius 1 is 0.919 bits per heavy atom.